The summed E-state index contributed by atoms with van der Waals surface area (Å²) in [5.74, 6) is 0. The van der Waals surface area contributed by atoms with Crippen LogP contribution in [0.1, 0.15) is 32.4 Å². The van der Waals surface area contributed by atoms with Crippen LogP contribution in [-0.2, 0) is 4.74 Å². The maximum absolute atomic E-state index is 10.3. The van der Waals surface area contributed by atoms with Gasteiger partial charge < -0.3 is 15.2 Å². The van der Waals surface area contributed by atoms with E-state index in [2.05, 4.69) is 26.1 Å². The summed E-state index contributed by atoms with van der Waals surface area (Å²) in [6.07, 6.45) is -0.560. The van der Waals surface area contributed by atoms with Crippen molar-refractivity contribution in [2.45, 2.75) is 38.5 Å². The lowest BCUT2D eigenvalue weighted by atomic mass is 9.99. The number of methoxy groups -OCH3 is 1. The van der Waals surface area contributed by atoms with Crippen LogP contribution in [0, 0.1) is 0 Å². The summed E-state index contributed by atoms with van der Waals surface area (Å²) in [4.78, 5) is 0. The minimum atomic E-state index is -0.560. The van der Waals surface area contributed by atoms with Crippen molar-refractivity contribution in [2.75, 3.05) is 13.7 Å². The van der Waals surface area contributed by atoms with E-state index in [9.17, 15) is 5.11 Å². The van der Waals surface area contributed by atoms with Gasteiger partial charge in [0.1, 0.15) is 0 Å². The number of hydrogen-bond acceptors (Lipinski definition) is 3. The molecule has 0 aliphatic heterocycles. The predicted molar refractivity (Wildman–Crippen MR) is 70.0 cm³/mol. The molecule has 0 amide bonds. The average Bonchev–Trinajstić information content (AvgIpc) is 2.27. The fourth-order valence-electron chi connectivity index (χ4n) is 1.83. The highest BCUT2D eigenvalue weighted by atomic mass is 16.5. The smallest absolute Gasteiger partial charge is 0.0965 e. The number of aliphatic hydroxyl groups excluding tert-OH is 1. The number of nitrogens with one attached hydrogen (secondary N) is 1. The first-order valence-corrected chi connectivity index (χ1v) is 5.93. The maximum atomic E-state index is 10.3. The Balaban J connectivity index is 2.77. The minimum absolute atomic E-state index is 0.0566. The summed E-state index contributed by atoms with van der Waals surface area (Å²) in [7, 11) is 1.65. The van der Waals surface area contributed by atoms with Gasteiger partial charge in [0.2, 0.25) is 0 Å². The summed E-state index contributed by atoms with van der Waals surface area (Å²) in [5, 5.41) is 13.7. The van der Waals surface area contributed by atoms with Crippen molar-refractivity contribution in [3.8, 4) is 0 Å². The van der Waals surface area contributed by atoms with Crippen LogP contribution in [0.2, 0.25) is 0 Å². The lowest BCUT2D eigenvalue weighted by Crippen LogP contribution is -2.48. The van der Waals surface area contributed by atoms with Gasteiger partial charge in [-0.3, -0.25) is 0 Å². The standard InChI is InChI=1S/C14H23NO2/c1-14(2,3)15-12(10-17-4)13(16)11-8-6-5-7-9-11/h5-9,12-13,15-16H,10H2,1-4H3/t12-,13+/m0/s1. The molecule has 0 aromatic heterocycles. The van der Waals surface area contributed by atoms with E-state index in [0.29, 0.717) is 6.61 Å². The van der Waals surface area contributed by atoms with Crippen molar-refractivity contribution in [1.29, 1.82) is 0 Å². The Labute approximate surface area is 104 Å². The van der Waals surface area contributed by atoms with Gasteiger partial charge in [-0.25, -0.2) is 0 Å². The summed E-state index contributed by atoms with van der Waals surface area (Å²) in [6, 6.07) is 9.55. The third-order valence-electron chi connectivity index (χ3n) is 2.49. The summed E-state index contributed by atoms with van der Waals surface area (Å²) < 4.78 is 5.17. The van der Waals surface area contributed by atoms with Gasteiger partial charge in [0.25, 0.3) is 0 Å². The van der Waals surface area contributed by atoms with Gasteiger partial charge in [0.05, 0.1) is 18.8 Å². The second-order valence-electron chi connectivity index (χ2n) is 5.31. The van der Waals surface area contributed by atoms with Crippen LogP contribution >= 0.6 is 0 Å². The van der Waals surface area contributed by atoms with E-state index in [1.165, 1.54) is 0 Å². The van der Waals surface area contributed by atoms with E-state index in [-0.39, 0.29) is 11.6 Å². The van der Waals surface area contributed by atoms with Crippen LogP contribution in [0.5, 0.6) is 0 Å². The normalized spacial score (nSPS) is 15.6. The molecule has 0 aliphatic rings. The van der Waals surface area contributed by atoms with Crippen LogP contribution in [0.25, 0.3) is 0 Å². The van der Waals surface area contributed by atoms with Crippen molar-refractivity contribution >= 4 is 0 Å². The van der Waals surface area contributed by atoms with Gasteiger partial charge in [0, 0.05) is 12.6 Å². The Hall–Kier alpha value is -0.900. The molecule has 0 heterocycles. The first kappa shape index (κ1) is 14.2. The van der Waals surface area contributed by atoms with Gasteiger partial charge in [-0.15, -0.1) is 0 Å². The summed E-state index contributed by atoms with van der Waals surface area (Å²) in [6.45, 7) is 6.71. The zero-order chi connectivity index (χ0) is 12.9. The Kier molecular flexibility index (Phi) is 5.12. The molecule has 3 heteroatoms. The van der Waals surface area contributed by atoms with Gasteiger partial charge in [-0.1, -0.05) is 30.3 Å². The van der Waals surface area contributed by atoms with Gasteiger partial charge in [0.15, 0.2) is 0 Å². The molecule has 0 spiro atoms. The van der Waals surface area contributed by atoms with Crippen LogP contribution in [0.3, 0.4) is 0 Å². The largest absolute Gasteiger partial charge is 0.387 e. The monoisotopic (exact) mass is 237 g/mol. The molecule has 2 atom stereocenters. The second kappa shape index (κ2) is 6.15. The fourth-order valence-corrected chi connectivity index (χ4v) is 1.83. The van der Waals surface area contributed by atoms with Gasteiger partial charge in [-0.05, 0) is 26.3 Å². The van der Waals surface area contributed by atoms with Crippen LogP contribution in [-0.4, -0.2) is 30.4 Å². The Bertz CT molecular complexity index is 319. The SMILES string of the molecule is COC[C@H](NC(C)(C)C)[C@H](O)c1ccccc1. The van der Waals surface area contributed by atoms with Crippen LogP contribution < -0.4 is 5.32 Å². The zero-order valence-corrected chi connectivity index (χ0v) is 11.1. The lowest BCUT2D eigenvalue weighted by molar-refractivity contribution is 0.0574. The molecule has 0 radical (unpaired) electrons. The lowest BCUT2D eigenvalue weighted by Gasteiger charge is -2.31. The summed E-state index contributed by atoms with van der Waals surface area (Å²) in [5.41, 5.74) is 0.852. The van der Waals surface area contributed by atoms with E-state index in [4.69, 9.17) is 4.74 Å². The molecule has 2 N–H and O–H groups in total. The van der Waals surface area contributed by atoms with Crippen molar-refractivity contribution in [2.24, 2.45) is 0 Å². The number of hydrogen-bond donors (Lipinski definition) is 2. The van der Waals surface area contributed by atoms with Crippen LogP contribution in [0.15, 0.2) is 30.3 Å². The number of aliphatic hydroxyl groups is 1. The van der Waals surface area contributed by atoms with Gasteiger partial charge >= 0.3 is 0 Å². The van der Waals surface area contributed by atoms with Crippen molar-refractivity contribution in [3.05, 3.63) is 35.9 Å². The van der Waals surface area contributed by atoms with Gasteiger partial charge in [-0.2, -0.15) is 0 Å². The maximum Gasteiger partial charge on any atom is 0.0965 e. The fraction of sp³-hybridized carbons (Fsp3) is 0.571. The molecule has 1 aromatic rings. The van der Waals surface area contributed by atoms with E-state index >= 15 is 0 Å². The molecule has 0 unspecified atom stereocenters. The molecule has 0 fully saturated rings. The number of ether oxygens (including phenoxy) is 1. The minimum Gasteiger partial charge on any atom is -0.387 e. The predicted octanol–water partition coefficient (Wildman–Crippen LogP) is 2.12. The average molecular weight is 237 g/mol. The molecule has 17 heavy (non-hydrogen) atoms. The third-order valence-corrected chi connectivity index (χ3v) is 2.49. The topological polar surface area (TPSA) is 41.5 Å². The third kappa shape index (κ3) is 4.86. The Morgan fingerprint density at radius 2 is 1.82 bits per heavy atom. The molecular weight excluding hydrogens is 214 g/mol. The molecule has 3 nitrogen and oxygen atoms in total. The van der Waals surface area contributed by atoms with Crippen molar-refractivity contribution in [3.63, 3.8) is 0 Å². The molecule has 0 saturated carbocycles. The highest BCUT2D eigenvalue weighted by Crippen LogP contribution is 2.18. The molecule has 0 bridgehead atoms. The molecule has 1 aromatic carbocycles. The molecule has 96 valence electrons. The highest BCUT2D eigenvalue weighted by molar-refractivity contribution is 5.19. The van der Waals surface area contributed by atoms with E-state index in [0.717, 1.165) is 5.56 Å². The van der Waals surface area contributed by atoms with Crippen molar-refractivity contribution in [1.82, 2.24) is 5.32 Å². The molecule has 1 rings (SSSR count). The Morgan fingerprint density at radius 3 is 2.29 bits per heavy atom. The van der Waals surface area contributed by atoms with Crippen LogP contribution in [0.4, 0.5) is 0 Å². The van der Waals surface area contributed by atoms with Crippen molar-refractivity contribution < 1.29 is 9.84 Å². The second-order valence-corrected chi connectivity index (χ2v) is 5.31. The first-order valence-electron chi connectivity index (χ1n) is 5.93. The first-order chi connectivity index (χ1) is 7.94. The molecular formula is C14H23NO2. The quantitative estimate of drug-likeness (QED) is 0.824. The van der Waals surface area contributed by atoms with E-state index < -0.39 is 6.10 Å². The van der Waals surface area contributed by atoms with E-state index in [1.807, 2.05) is 30.3 Å². The molecule has 0 aliphatic carbocycles. The molecule has 0 saturated heterocycles. The Morgan fingerprint density at radius 1 is 1.24 bits per heavy atom. The number of rotatable bonds is 5. The highest BCUT2D eigenvalue weighted by Gasteiger charge is 2.24. The number of benzene rings is 1. The van der Waals surface area contributed by atoms with E-state index in [1.54, 1.807) is 7.11 Å². The zero-order valence-electron chi connectivity index (χ0n) is 11.1. The summed E-state index contributed by atoms with van der Waals surface area (Å²) >= 11 is 0.